The first-order chi connectivity index (χ1) is 44.2. The summed E-state index contributed by atoms with van der Waals surface area (Å²) in [5.74, 6) is 2.29. The van der Waals surface area contributed by atoms with Crippen molar-refractivity contribution >= 4 is 76.6 Å². The molecule has 0 spiro atoms. The van der Waals surface area contributed by atoms with Crippen molar-refractivity contribution in [1.29, 1.82) is 0 Å². The molecule has 438 valence electrons. The molecular weight excluding hydrogens is 1110 g/mol. The number of imidazole rings is 1. The van der Waals surface area contributed by atoms with Crippen molar-refractivity contribution < 1.29 is 13.7 Å². The van der Waals surface area contributed by atoms with Gasteiger partial charge in [0, 0.05) is 44.6 Å². The van der Waals surface area contributed by atoms with Crippen molar-refractivity contribution in [2.75, 3.05) is 0 Å². The van der Waals surface area contributed by atoms with Crippen molar-refractivity contribution in [2.24, 2.45) is 0 Å². The lowest BCUT2D eigenvalue weighted by molar-refractivity contribution is -0.571. The van der Waals surface area contributed by atoms with E-state index in [2.05, 4.69) is 304 Å². The monoisotopic (exact) mass is 1180 g/mol. The molecule has 5 aromatic heterocycles. The summed E-state index contributed by atoms with van der Waals surface area (Å²) >= 11 is 0. The number of ether oxygens (including phenoxy) is 1. The van der Waals surface area contributed by atoms with E-state index in [1.165, 1.54) is 44.2 Å². The fourth-order valence-corrected chi connectivity index (χ4v) is 15.3. The van der Waals surface area contributed by atoms with Crippen LogP contribution in [0, 0.1) is 6.33 Å². The Balaban J connectivity index is 0.920. The number of para-hydroxylation sites is 5. The molecule has 0 bridgehead atoms. The molecule has 1 aliphatic heterocycles. The molecule has 11 aromatic carbocycles. The zero-order valence-corrected chi connectivity index (χ0v) is 52.1. The summed E-state index contributed by atoms with van der Waals surface area (Å²) in [6.45, 7) is 16.5. The van der Waals surface area contributed by atoms with Crippen LogP contribution in [-0.4, -0.2) is 18.7 Å². The van der Waals surface area contributed by atoms with E-state index in [9.17, 15) is 0 Å². The third kappa shape index (κ3) is 8.12. The van der Waals surface area contributed by atoms with E-state index in [1.54, 1.807) is 0 Å². The third-order valence-corrected chi connectivity index (χ3v) is 20.1. The van der Waals surface area contributed by atoms with E-state index >= 15 is 0 Å². The van der Waals surface area contributed by atoms with Crippen LogP contribution in [0.4, 0.5) is 0 Å². The topological polar surface area (TPSA) is 53.9 Å². The molecule has 0 unspecified atom stereocenters. The number of rotatable bonds is 6. The molecule has 0 atom stereocenters. The van der Waals surface area contributed by atoms with E-state index in [4.69, 9.17) is 14.1 Å². The second-order valence-corrected chi connectivity index (χ2v) is 27.6. The van der Waals surface area contributed by atoms with Crippen molar-refractivity contribution in [2.45, 2.75) is 77.6 Å². The maximum absolute atomic E-state index is 7.10. The minimum Gasteiger partial charge on any atom is -0.458 e. The summed E-state index contributed by atoms with van der Waals surface area (Å²) in [5.41, 5.74) is 24.2. The standard InChI is InChI=1S/C84H65N5O2/c1-82(2,3)53-38-41-85-79(45-53)89-73-31-16-12-26-61(73)62-36-35-56(47-75(62)89)90-55-21-18-20-54(46-55)86-50-87-80-64(28-19-32-74(80)88-71-29-14-10-24-59(71)60-25-11-15-30-72(60)88)66-49-70-69(83(4,5)39-40-84(70,6)7)48-65(66)57-22-8-9-23-58(57)68-43-52(44-76(86)81(68)87)51-34-37-78-67(42-51)63-27-13-17-33-77(63)91-78/h8-38,41-49H,39-40H2,1-7H3. The zero-order valence-electron chi connectivity index (χ0n) is 52.1. The van der Waals surface area contributed by atoms with E-state index in [1.807, 2.05) is 12.3 Å². The summed E-state index contributed by atoms with van der Waals surface area (Å²) < 4.78 is 23.0. The predicted octanol–water partition coefficient (Wildman–Crippen LogP) is 21.6. The van der Waals surface area contributed by atoms with Crippen LogP contribution in [0.5, 0.6) is 11.5 Å². The highest BCUT2D eigenvalue weighted by molar-refractivity contribution is 6.12. The van der Waals surface area contributed by atoms with Gasteiger partial charge in [0.2, 0.25) is 0 Å². The molecule has 18 rings (SSSR count). The summed E-state index contributed by atoms with van der Waals surface area (Å²) in [4.78, 5) is 4.98. The number of fused-ring (bicyclic) bond motifs is 17. The lowest BCUT2D eigenvalue weighted by Crippen LogP contribution is -2.34. The number of benzene rings is 11. The maximum Gasteiger partial charge on any atom is 0.269 e. The molecule has 0 saturated carbocycles. The van der Waals surface area contributed by atoms with Gasteiger partial charge in [0.15, 0.2) is 0 Å². The molecule has 91 heavy (non-hydrogen) atoms. The summed E-state index contributed by atoms with van der Waals surface area (Å²) in [6.07, 6.45) is 8.33. The van der Waals surface area contributed by atoms with Crippen LogP contribution in [0.15, 0.2) is 247 Å². The predicted molar refractivity (Wildman–Crippen MR) is 373 cm³/mol. The Morgan fingerprint density at radius 1 is 0.451 bits per heavy atom. The van der Waals surface area contributed by atoms with E-state index < -0.39 is 0 Å². The van der Waals surface area contributed by atoms with Gasteiger partial charge in [0.25, 0.3) is 6.33 Å². The highest BCUT2D eigenvalue weighted by Crippen LogP contribution is 2.53. The molecule has 0 N–H and O–H groups in total. The number of furan rings is 1. The van der Waals surface area contributed by atoms with Gasteiger partial charge in [-0.05, 0) is 187 Å². The molecule has 16 aromatic rings. The maximum atomic E-state index is 7.10. The van der Waals surface area contributed by atoms with Crippen LogP contribution in [0.3, 0.4) is 0 Å². The number of aromatic nitrogens is 5. The van der Waals surface area contributed by atoms with Crippen LogP contribution < -0.4 is 9.30 Å². The van der Waals surface area contributed by atoms with Gasteiger partial charge in [0.05, 0.1) is 50.2 Å². The Kier molecular flexibility index (Phi) is 11.3. The quantitative estimate of drug-likeness (QED) is 0.123. The van der Waals surface area contributed by atoms with Crippen molar-refractivity contribution in [3.63, 3.8) is 0 Å². The Morgan fingerprint density at radius 3 is 1.76 bits per heavy atom. The van der Waals surface area contributed by atoms with Crippen LogP contribution in [0.2, 0.25) is 0 Å². The van der Waals surface area contributed by atoms with E-state index in [0.717, 1.165) is 135 Å². The zero-order chi connectivity index (χ0) is 61.2. The molecule has 2 aliphatic rings. The van der Waals surface area contributed by atoms with Gasteiger partial charge in [0.1, 0.15) is 28.5 Å². The molecule has 0 saturated heterocycles. The minimum absolute atomic E-state index is 0.0320. The average molecular weight is 1180 g/mol. The molecule has 7 heteroatoms. The number of pyridine rings is 1. The van der Waals surface area contributed by atoms with Gasteiger partial charge < -0.3 is 13.7 Å². The Bertz CT molecular complexity index is 5700. The number of hydrogen-bond acceptors (Lipinski definition) is 3. The minimum atomic E-state index is -0.0530. The smallest absolute Gasteiger partial charge is 0.269 e. The van der Waals surface area contributed by atoms with Crippen LogP contribution in [0.25, 0.3) is 144 Å². The Hall–Kier alpha value is -10.8. The molecule has 0 radical (unpaired) electrons. The summed E-state index contributed by atoms with van der Waals surface area (Å²) in [6, 6.07) is 86.7. The fraction of sp³-hybridized carbons (Fsp3) is 0.143. The first-order valence-electron chi connectivity index (χ1n) is 31.9. The lowest BCUT2D eigenvalue weighted by Gasteiger charge is -2.42. The van der Waals surface area contributed by atoms with Crippen molar-refractivity contribution in [1.82, 2.24) is 18.7 Å². The molecule has 7 nitrogen and oxygen atoms in total. The number of nitrogens with zero attached hydrogens (tertiary/aromatic N) is 5. The van der Waals surface area contributed by atoms with E-state index in [0.29, 0.717) is 5.75 Å². The molecule has 0 fully saturated rings. The van der Waals surface area contributed by atoms with Gasteiger partial charge in [-0.3, -0.25) is 13.7 Å². The highest BCUT2D eigenvalue weighted by atomic mass is 16.5. The molecular formula is C84H65N5O2. The van der Waals surface area contributed by atoms with Crippen LogP contribution in [-0.2, 0) is 16.2 Å². The second kappa shape index (κ2) is 19.4. The number of hydrogen-bond donors (Lipinski definition) is 0. The fourth-order valence-electron chi connectivity index (χ4n) is 15.3. The second-order valence-electron chi connectivity index (χ2n) is 27.6. The molecule has 6 heterocycles. The first kappa shape index (κ1) is 53.3. The van der Waals surface area contributed by atoms with Gasteiger partial charge in [-0.1, -0.05) is 182 Å². The molecule has 0 amide bonds. The normalized spacial score (nSPS) is 14.2. The SMILES string of the molecule is CC(C)(C)c1ccnc(-n2c3ccccc3c3ccc(Oc4cccc(-n5[c-][n+]6c7c(cc(-c8ccc9oc%10ccccc%10c9c8)cc75)-c5ccccc5-c5cc7c(cc5-c5cccc(-n8c9ccccc9c9ccccc98)c5-6)C(C)(C)CCC7(C)C)c4)cc32)c1. The van der Waals surface area contributed by atoms with E-state index in [-0.39, 0.29) is 16.2 Å². The first-order valence-corrected chi connectivity index (χ1v) is 31.9. The van der Waals surface area contributed by atoms with Crippen LogP contribution in [0.1, 0.15) is 78.0 Å². The summed E-state index contributed by atoms with van der Waals surface area (Å²) in [7, 11) is 0. The van der Waals surface area contributed by atoms with Crippen molar-refractivity contribution in [3.8, 4) is 78.9 Å². The Labute approximate surface area is 528 Å². The Morgan fingerprint density at radius 2 is 1.04 bits per heavy atom. The molecule has 1 aliphatic carbocycles. The average Bonchev–Trinajstić information content (AvgIpc) is 1.63. The van der Waals surface area contributed by atoms with Crippen LogP contribution >= 0.6 is 0 Å². The largest absolute Gasteiger partial charge is 0.458 e. The highest BCUT2D eigenvalue weighted by Gasteiger charge is 2.39. The van der Waals surface area contributed by atoms with Gasteiger partial charge in [-0.25, -0.2) is 4.98 Å². The van der Waals surface area contributed by atoms with Gasteiger partial charge in [-0.15, -0.1) is 0 Å². The van der Waals surface area contributed by atoms with Crippen molar-refractivity contribution in [3.05, 3.63) is 266 Å². The van der Waals surface area contributed by atoms with Gasteiger partial charge in [-0.2, -0.15) is 0 Å². The van der Waals surface area contributed by atoms with Gasteiger partial charge >= 0.3 is 0 Å². The third-order valence-electron chi connectivity index (χ3n) is 20.1. The lowest BCUT2D eigenvalue weighted by atomic mass is 9.62. The summed E-state index contributed by atoms with van der Waals surface area (Å²) in [5, 5.41) is 6.88.